The third-order valence-electron chi connectivity index (χ3n) is 3.33. The van der Waals surface area contributed by atoms with Crippen molar-refractivity contribution in [3.8, 4) is 0 Å². The van der Waals surface area contributed by atoms with Gasteiger partial charge in [0.05, 0.1) is 11.3 Å². The number of nitrogens with two attached hydrogens (primary N) is 1. The van der Waals surface area contributed by atoms with Gasteiger partial charge >= 0.3 is 0 Å². The first-order valence-electron chi connectivity index (χ1n) is 6.16. The zero-order chi connectivity index (χ0) is 14.2. The minimum Gasteiger partial charge on any atom is -0.466 e. The Kier molecular flexibility index (Phi) is 3.69. The van der Waals surface area contributed by atoms with Crippen molar-refractivity contribution in [1.29, 1.82) is 0 Å². The first kappa shape index (κ1) is 14.1. The number of nitrogens with zero attached hydrogens (tertiary/aromatic N) is 1. The van der Waals surface area contributed by atoms with Crippen molar-refractivity contribution in [3.63, 3.8) is 0 Å². The standard InChI is InChI=1S/C12H18N2O4S/c1-8-6-11(9(2)18-8)12(15)14-5-3-4-10(14)7-19(13,16)17/h6,10H,3-5,7H2,1-2H3,(H2,13,16,17)/t10-/m1/s1. The van der Waals surface area contributed by atoms with E-state index in [9.17, 15) is 13.2 Å². The summed E-state index contributed by atoms with van der Waals surface area (Å²) in [5.41, 5.74) is 0.499. The highest BCUT2D eigenvalue weighted by Crippen LogP contribution is 2.23. The maximum atomic E-state index is 12.4. The summed E-state index contributed by atoms with van der Waals surface area (Å²) in [6.45, 7) is 4.06. The first-order valence-corrected chi connectivity index (χ1v) is 7.88. The maximum absolute atomic E-state index is 12.4. The maximum Gasteiger partial charge on any atom is 0.257 e. The molecule has 1 aromatic rings. The molecule has 1 saturated heterocycles. The van der Waals surface area contributed by atoms with Gasteiger partial charge in [0.25, 0.3) is 5.91 Å². The summed E-state index contributed by atoms with van der Waals surface area (Å²) >= 11 is 0. The molecule has 0 spiro atoms. The van der Waals surface area contributed by atoms with Crippen LogP contribution in [-0.2, 0) is 10.0 Å². The summed E-state index contributed by atoms with van der Waals surface area (Å²) in [5, 5.41) is 5.07. The number of furan rings is 1. The summed E-state index contributed by atoms with van der Waals surface area (Å²) < 4.78 is 27.7. The summed E-state index contributed by atoms with van der Waals surface area (Å²) in [7, 11) is -3.58. The number of likely N-dealkylation sites (tertiary alicyclic amines) is 1. The summed E-state index contributed by atoms with van der Waals surface area (Å²) in [6, 6.07) is 1.35. The fourth-order valence-corrected chi connectivity index (χ4v) is 3.43. The van der Waals surface area contributed by atoms with Crippen LogP contribution >= 0.6 is 0 Å². The van der Waals surface area contributed by atoms with Gasteiger partial charge in [0.1, 0.15) is 11.5 Å². The lowest BCUT2D eigenvalue weighted by Gasteiger charge is -2.23. The van der Waals surface area contributed by atoms with Crippen molar-refractivity contribution >= 4 is 15.9 Å². The molecular formula is C12H18N2O4S. The van der Waals surface area contributed by atoms with Crippen LogP contribution in [0.4, 0.5) is 0 Å². The lowest BCUT2D eigenvalue weighted by Crippen LogP contribution is -2.41. The molecule has 0 radical (unpaired) electrons. The van der Waals surface area contributed by atoms with Crippen LogP contribution in [0.2, 0.25) is 0 Å². The zero-order valence-corrected chi connectivity index (χ0v) is 11.9. The number of hydrogen-bond donors (Lipinski definition) is 1. The Morgan fingerprint density at radius 2 is 2.21 bits per heavy atom. The van der Waals surface area contributed by atoms with Gasteiger partial charge in [0, 0.05) is 12.6 Å². The average molecular weight is 286 g/mol. The van der Waals surface area contributed by atoms with Crippen molar-refractivity contribution < 1.29 is 17.6 Å². The van der Waals surface area contributed by atoms with Gasteiger partial charge in [0.2, 0.25) is 10.0 Å². The fraction of sp³-hybridized carbons (Fsp3) is 0.583. The Hall–Kier alpha value is -1.34. The van der Waals surface area contributed by atoms with E-state index in [1.165, 1.54) is 0 Å². The average Bonchev–Trinajstić information content (AvgIpc) is 2.82. The van der Waals surface area contributed by atoms with Crippen molar-refractivity contribution in [2.45, 2.75) is 32.7 Å². The molecule has 0 aliphatic carbocycles. The highest BCUT2D eigenvalue weighted by atomic mass is 32.2. The first-order chi connectivity index (χ1) is 8.78. The largest absolute Gasteiger partial charge is 0.466 e. The van der Waals surface area contributed by atoms with Crippen molar-refractivity contribution in [1.82, 2.24) is 4.90 Å². The molecule has 7 heteroatoms. The molecule has 1 amide bonds. The van der Waals surface area contributed by atoms with Gasteiger partial charge in [0.15, 0.2) is 0 Å². The predicted octanol–water partition coefficient (Wildman–Crippen LogP) is 0.790. The molecule has 0 bridgehead atoms. The highest BCUT2D eigenvalue weighted by molar-refractivity contribution is 7.89. The second-order valence-electron chi connectivity index (χ2n) is 4.95. The van der Waals surface area contributed by atoms with Crippen LogP contribution in [0, 0.1) is 13.8 Å². The quantitative estimate of drug-likeness (QED) is 0.889. The Labute approximate surface area is 112 Å². The van der Waals surface area contributed by atoms with E-state index in [4.69, 9.17) is 9.56 Å². The second kappa shape index (κ2) is 4.97. The van der Waals surface area contributed by atoms with Crippen molar-refractivity contribution in [2.75, 3.05) is 12.3 Å². The molecule has 0 unspecified atom stereocenters. The topological polar surface area (TPSA) is 93.6 Å². The van der Waals surface area contributed by atoms with Crippen LogP contribution in [0.15, 0.2) is 10.5 Å². The summed E-state index contributed by atoms with van der Waals surface area (Å²) in [6.07, 6.45) is 1.46. The molecule has 1 aromatic heterocycles. The van der Waals surface area contributed by atoms with Gasteiger partial charge in [-0.2, -0.15) is 0 Å². The fourth-order valence-electron chi connectivity index (χ4n) is 2.54. The second-order valence-corrected chi connectivity index (χ2v) is 6.61. The number of rotatable bonds is 3. The van der Waals surface area contributed by atoms with E-state index in [1.807, 2.05) is 0 Å². The molecule has 19 heavy (non-hydrogen) atoms. The smallest absolute Gasteiger partial charge is 0.257 e. The molecular weight excluding hydrogens is 268 g/mol. The van der Waals surface area contributed by atoms with Crippen molar-refractivity contribution in [2.24, 2.45) is 5.14 Å². The van der Waals surface area contributed by atoms with Crippen LogP contribution in [-0.4, -0.2) is 37.6 Å². The molecule has 2 rings (SSSR count). The molecule has 106 valence electrons. The van der Waals surface area contributed by atoms with E-state index in [0.29, 0.717) is 30.0 Å². The molecule has 1 aliphatic heterocycles. The Bertz CT molecular complexity index is 591. The van der Waals surface area contributed by atoms with Gasteiger partial charge in [-0.25, -0.2) is 13.6 Å². The molecule has 2 N–H and O–H groups in total. The van der Waals surface area contributed by atoms with Gasteiger partial charge in [-0.3, -0.25) is 4.79 Å². The molecule has 1 fully saturated rings. The Morgan fingerprint density at radius 3 is 2.74 bits per heavy atom. The monoisotopic (exact) mass is 286 g/mol. The zero-order valence-electron chi connectivity index (χ0n) is 11.0. The molecule has 1 atom stereocenters. The van der Waals surface area contributed by atoms with E-state index >= 15 is 0 Å². The summed E-state index contributed by atoms with van der Waals surface area (Å²) in [5.74, 6) is 0.863. The molecule has 6 nitrogen and oxygen atoms in total. The van der Waals surface area contributed by atoms with Crippen LogP contribution < -0.4 is 5.14 Å². The van der Waals surface area contributed by atoms with Gasteiger partial charge in [-0.05, 0) is 32.8 Å². The number of sulfonamides is 1. The lowest BCUT2D eigenvalue weighted by atomic mass is 10.2. The summed E-state index contributed by atoms with van der Waals surface area (Å²) in [4.78, 5) is 14.0. The van der Waals surface area contributed by atoms with E-state index in [2.05, 4.69) is 0 Å². The lowest BCUT2D eigenvalue weighted by molar-refractivity contribution is 0.0747. The third kappa shape index (κ3) is 3.16. The van der Waals surface area contributed by atoms with Crippen LogP contribution in [0.5, 0.6) is 0 Å². The van der Waals surface area contributed by atoms with Gasteiger partial charge in [-0.1, -0.05) is 0 Å². The Balaban J connectivity index is 2.21. The van der Waals surface area contributed by atoms with Crippen LogP contribution in [0.3, 0.4) is 0 Å². The van der Waals surface area contributed by atoms with Gasteiger partial charge in [-0.15, -0.1) is 0 Å². The number of carbonyl (C=O) groups is 1. The van der Waals surface area contributed by atoms with E-state index in [1.54, 1.807) is 24.8 Å². The highest BCUT2D eigenvalue weighted by Gasteiger charge is 2.33. The number of aryl methyl sites for hydroxylation is 2. The van der Waals surface area contributed by atoms with Crippen LogP contribution in [0.1, 0.15) is 34.7 Å². The van der Waals surface area contributed by atoms with E-state index < -0.39 is 10.0 Å². The molecule has 0 saturated carbocycles. The van der Waals surface area contributed by atoms with Crippen molar-refractivity contribution in [3.05, 3.63) is 23.2 Å². The normalized spacial score (nSPS) is 19.9. The van der Waals surface area contributed by atoms with Crippen LogP contribution in [0.25, 0.3) is 0 Å². The van der Waals surface area contributed by atoms with E-state index in [-0.39, 0.29) is 17.7 Å². The Morgan fingerprint density at radius 1 is 1.53 bits per heavy atom. The number of hydrogen-bond acceptors (Lipinski definition) is 4. The molecule has 0 aromatic carbocycles. The minimum atomic E-state index is -3.58. The molecule has 1 aliphatic rings. The van der Waals surface area contributed by atoms with E-state index in [0.717, 1.165) is 6.42 Å². The SMILES string of the molecule is Cc1cc(C(=O)N2CCC[C@@H]2CS(N)(=O)=O)c(C)o1. The van der Waals surface area contributed by atoms with Gasteiger partial charge < -0.3 is 9.32 Å². The number of primary sulfonamides is 1. The molecule has 2 heterocycles. The third-order valence-corrected chi connectivity index (χ3v) is 4.18. The number of amides is 1. The number of carbonyl (C=O) groups excluding carboxylic acids is 1. The minimum absolute atomic E-state index is 0.180. The predicted molar refractivity (Wildman–Crippen MR) is 70.2 cm³/mol.